The first-order chi connectivity index (χ1) is 7.04. The molecule has 5 heteroatoms. The van der Waals surface area contributed by atoms with Crippen molar-refractivity contribution in [1.82, 2.24) is 0 Å². The molecule has 0 aromatic rings. The van der Waals surface area contributed by atoms with E-state index in [9.17, 15) is 9.59 Å². The van der Waals surface area contributed by atoms with E-state index in [4.69, 9.17) is 14.6 Å². The third-order valence-electron chi connectivity index (χ3n) is 1.61. The summed E-state index contributed by atoms with van der Waals surface area (Å²) in [5.74, 6) is -1.33. The number of carbonyl (C=O) groups excluding carboxylic acids is 2. The second-order valence-corrected chi connectivity index (χ2v) is 2.71. The van der Waals surface area contributed by atoms with E-state index < -0.39 is 30.8 Å². The second-order valence-electron chi connectivity index (χ2n) is 2.71. The van der Waals surface area contributed by atoms with Crippen molar-refractivity contribution in [3.05, 3.63) is 25.3 Å². The van der Waals surface area contributed by atoms with E-state index in [-0.39, 0.29) is 0 Å². The average Bonchev–Trinajstić information content (AvgIpc) is 2.24. The fourth-order valence-corrected chi connectivity index (χ4v) is 0.786. The molecule has 2 atom stereocenters. The monoisotopic (exact) mass is 214 g/mol. The Kier molecular flexibility index (Phi) is 6.05. The zero-order valence-corrected chi connectivity index (χ0v) is 8.51. The van der Waals surface area contributed by atoms with Gasteiger partial charge in [0.1, 0.15) is 6.10 Å². The Hall–Kier alpha value is -1.62. The minimum atomic E-state index is -0.903. The van der Waals surface area contributed by atoms with E-state index in [1.54, 1.807) is 0 Å². The Labute approximate surface area is 88.0 Å². The van der Waals surface area contributed by atoms with Crippen LogP contribution >= 0.6 is 0 Å². The number of aliphatic hydroxyl groups excluding tert-OH is 1. The van der Waals surface area contributed by atoms with Crippen molar-refractivity contribution < 1.29 is 24.2 Å². The smallest absolute Gasteiger partial charge is 0.330 e. The van der Waals surface area contributed by atoms with E-state index >= 15 is 0 Å². The normalized spacial score (nSPS) is 13.5. The summed E-state index contributed by atoms with van der Waals surface area (Å²) in [6.45, 7) is 7.48. The lowest BCUT2D eigenvalue weighted by atomic mass is 10.2. The molecule has 0 aliphatic rings. The number of hydrogen-bond donors (Lipinski definition) is 1. The van der Waals surface area contributed by atoms with Crippen molar-refractivity contribution in [3.63, 3.8) is 0 Å². The van der Waals surface area contributed by atoms with Gasteiger partial charge in [-0.2, -0.15) is 0 Å². The Bertz CT molecular complexity index is 259. The third-order valence-corrected chi connectivity index (χ3v) is 1.61. The molecule has 84 valence electrons. The molecule has 0 amide bonds. The summed E-state index contributed by atoms with van der Waals surface area (Å²) in [5, 5.41) is 8.90. The molecule has 15 heavy (non-hydrogen) atoms. The largest absolute Gasteiger partial charge is 0.455 e. The van der Waals surface area contributed by atoms with Crippen LogP contribution in [-0.4, -0.2) is 35.9 Å². The van der Waals surface area contributed by atoms with Gasteiger partial charge in [0, 0.05) is 12.2 Å². The first-order valence-corrected chi connectivity index (χ1v) is 4.32. The van der Waals surface area contributed by atoms with Crippen molar-refractivity contribution in [3.8, 4) is 0 Å². The highest BCUT2D eigenvalue weighted by atomic mass is 16.6. The fourth-order valence-electron chi connectivity index (χ4n) is 0.786. The number of esters is 2. The number of hydrogen-bond acceptors (Lipinski definition) is 5. The predicted octanol–water partition coefficient (Wildman–Crippen LogP) is 0.194. The van der Waals surface area contributed by atoms with Crippen LogP contribution in [0, 0.1) is 0 Å². The average molecular weight is 214 g/mol. The Morgan fingerprint density at radius 3 is 2.13 bits per heavy atom. The van der Waals surface area contributed by atoms with Crippen LogP contribution in [0.2, 0.25) is 0 Å². The molecule has 0 aromatic heterocycles. The van der Waals surface area contributed by atoms with Crippen LogP contribution in [0.25, 0.3) is 0 Å². The summed E-state index contributed by atoms with van der Waals surface area (Å²) in [5.41, 5.74) is 0. The SMILES string of the molecule is C=CC(=O)OC(C)C(CO)OC(=O)C=C. The van der Waals surface area contributed by atoms with Gasteiger partial charge in [-0.05, 0) is 6.92 Å². The van der Waals surface area contributed by atoms with Gasteiger partial charge >= 0.3 is 11.9 Å². The van der Waals surface area contributed by atoms with Gasteiger partial charge in [0.15, 0.2) is 6.10 Å². The topological polar surface area (TPSA) is 72.8 Å². The number of rotatable bonds is 6. The van der Waals surface area contributed by atoms with E-state index in [1.807, 2.05) is 0 Å². The predicted molar refractivity (Wildman–Crippen MR) is 52.9 cm³/mol. The van der Waals surface area contributed by atoms with Crippen molar-refractivity contribution >= 4 is 11.9 Å². The molecule has 0 bridgehead atoms. The molecule has 5 nitrogen and oxygen atoms in total. The third kappa shape index (κ3) is 4.97. The number of carbonyl (C=O) groups is 2. The van der Waals surface area contributed by atoms with E-state index in [0.29, 0.717) is 0 Å². The molecule has 0 saturated heterocycles. The summed E-state index contributed by atoms with van der Waals surface area (Å²) in [6.07, 6.45) is 0.300. The molecule has 0 spiro atoms. The second kappa shape index (κ2) is 6.78. The van der Waals surface area contributed by atoms with Crippen LogP contribution in [0.5, 0.6) is 0 Å². The molecule has 0 heterocycles. The van der Waals surface area contributed by atoms with Crippen molar-refractivity contribution in [2.45, 2.75) is 19.1 Å². The van der Waals surface area contributed by atoms with Gasteiger partial charge < -0.3 is 14.6 Å². The summed E-state index contributed by atoms with van der Waals surface area (Å²) in [4.78, 5) is 21.6. The van der Waals surface area contributed by atoms with Crippen molar-refractivity contribution in [1.29, 1.82) is 0 Å². The molecule has 2 unspecified atom stereocenters. The van der Waals surface area contributed by atoms with Crippen LogP contribution in [0.4, 0.5) is 0 Å². The van der Waals surface area contributed by atoms with Gasteiger partial charge in [0.05, 0.1) is 6.61 Å². The molecule has 0 radical (unpaired) electrons. The minimum absolute atomic E-state index is 0.439. The van der Waals surface area contributed by atoms with Crippen molar-refractivity contribution in [2.75, 3.05) is 6.61 Å². The summed E-state index contributed by atoms with van der Waals surface area (Å²) >= 11 is 0. The van der Waals surface area contributed by atoms with Gasteiger partial charge in [-0.1, -0.05) is 13.2 Å². The Morgan fingerprint density at radius 1 is 1.27 bits per heavy atom. The molecule has 1 N–H and O–H groups in total. The fraction of sp³-hybridized carbons (Fsp3) is 0.400. The summed E-state index contributed by atoms with van der Waals surface area (Å²) in [7, 11) is 0. The lowest BCUT2D eigenvalue weighted by Gasteiger charge is -2.21. The number of ether oxygens (including phenoxy) is 2. The van der Waals surface area contributed by atoms with Crippen LogP contribution in [-0.2, 0) is 19.1 Å². The molecule has 0 fully saturated rings. The highest BCUT2D eigenvalue weighted by molar-refractivity contribution is 5.82. The van der Waals surface area contributed by atoms with Gasteiger partial charge in [0.2, 0.25) is 0 Å². The zero-order valence-electron chi connectivity index (χ0n) is 8.51. The Morgan fingerprint density at radius 2 is 1.73 bits per heavy atom. The highest BCUT2D eigenvalue weighted by Gasteiger charge is 2.22. The lowest BCUT2D eigenvalue weighted by molar-refractivity contribution is -0.163. The summed E-state index contributed by atoms with van der Waals surface area (Å²) < 4.78 is 9.51. The summed E-state index contributed by atoms with van der Waals surface area (Å²) in [6, 6.07) is 0. The quantitative estimate of drug-likeness (QED) is 0.505. The molecule has 0 aliphatic carbocycles. The molecule has 0 aromatic carbocycles. The standard InChI is InChI=1S/C10H14O5/c1-4-9(12)14-7(3)8(6-11)15-10(13)5-2/h4-5,7-8,11H,1-2,6H2,3H3. The first-order valence-electron chi connectivity index (χ1n) is 4.32. The lowest BCUT2D eigenvalue weighted by Crippen LogP contribution is -2.35. The zero-order chi connectivity index (χ0) is 11.8. The first kappa shape index (κ1) is 13.4. The van der Waals surface area contributed by atoms with Crippen LogP contribution < -0.4 is 0 Å². The molecular weight excluding hydrogens is 200 g/mol. The van der Waals surface area contributed by atoms with Gasteiger partial charge in [-0.3, -0.25) is 0 Å². The van der Waals surface area contributed by atoms with Gasteiger partial charge in [0.25, 0.3) is 0 Å². The van der Waals surface area contributed by atoms with Crippen molar-refractivity contribution in [2.24, 2.45) is 0 Å². The minimum Gasteiger partial charge on any atom is -0.455 e. The maximum Gasteiger partial charge on any atom is 0.330 e. The van der Waals surface area contributed by atoms with Crippen LogP contribution in [0.3, 0.4) is 0 Å². The van der Waals surface area contributed by atoms with E-state index in [0.717, 1.165) is 12.2 Å². The number of aliphatic hydroxyl groups is 1. The maximum absolute atomic E-state index is 10.8. The highest BCUT2D eigenvalue weighted by Crippen LogP contribution is 2.04. The molecule has 0 rings (SSSR count). The van der Waals surface area contributed by atoms with Gasteiger partial charge in [-0.25, -0.2) is 9.59 Å². The molecule has 0 aliphatic heterocycles. The molecule has 0 saturated carbocycles. The van der Waals surface area contributed by atoms with Crippen LogP contribution in [0.1, 0.15) is 6.92 Å². The van der Waals surface area contributed by atoms with Crippen LogP contribution in [0.15, 0.2) is 25.3 Å². The van der Waals surface area contributed by atoms with Gasteiger partial charge in [-0.15, -0.1) is 0 Å². The Balaban J connectivity index is 4.26. The maximum atomic E-state index is 10.8. The van der Waals surface area contributed by atoms with E-state index in [1.165, 1.54) is 6.92 Å². The molecular formula is C10H14O5. The van der Waals surface area contributed by atoms with E-state index in [2.05, 4.69) is 13.2 Å².